The number of carbonyl (C=O) groups is 2. The van der Waals surface area contributed by atoms with E-state index in [1.807, 2.05) is 13.8 Å². The predicted molar refractivity (Wildman–Crippen MR) is 221 cm³/mol. The number of hydrogen-bond acceptors (Lipinski definition) is 4. The minimum atomic E-state index is -0.387. The van der Waals surface area contributed by atoms with E-state index in [0.29, 0.717) is 17.3 Å². The van der Waals surface area contributed by atoms with Gasteiger partial charge in [-0.05, 0) is 40.5 Å². The lowest BCUT2D eigenvalue weighted by Gasteiger charge is -2.51. The van der Waals surface area contributed by atoms with E-state index in [9.17, 15) is 9.59 Å². The Bertz CT molecular complexity index is 717. The lowest BCUT2D eigenvalue weighted by atomic mass is 10.0. The highest BCUT2D eigenvalue weighted by Gasteiger charge is 2.48. The molecule has 0 saturated heterocycles. The van der Waals surface area contributed by atoms with Crippen molar-refractivity contribution < 1.29 is 23.5 Å². The predicted octanol–water partition coefficient (Wildman–Crippen LogP) is 14.9. The van der Waals surface area contributed by atoms with Crippen molar-refractivity contribution in [2.75, 3.05) is 0 Å². The van der Waals surface area contributed by atoms with Crippen LogP contribution in [0, 0.1) is 0 Å². The van der Waals surface area contributed by atoms with Gasteiger partial charge in [0.25, 0.3) is 0 Å². The van der Waals surface area contributed by atoms with Crippen molar-refractivity contribution in [3.63, 3.8) is 0 Å². The van der Waals surface area contributed by atoms with E-state index in [1.165, 1.54) is 167 Å². The molecular weight excluding hydrogens is 631 g/mol. The number of carbonyl (C=O) groups excluding carboxylic acids is 2. The maximum atomic E-state index is 13.0. The van der Waals surface area contributed by atoms with Crippen molar-refractivity contribution in [3.05, 3.63) is 0 Å². The molecule has 2 unspecified atom stereocenters. The zero-order valence-electron chi connectivity index (χ0n) is 36.0. The highest BCUT2D eigenvalue weighted by molar-refractivity contribution is 5.69. The molecule has 0 aliphatic carbocycles. The second-order valence-electron chi connectivity index (χ2n) is 16.7. The fourth-order valence-electron chi connectivity index (χ4n) is 8.53. The standard InChI is InChI=1S/C46H92NO4/c1-9-11-13-15-17-19-21-23-25-27-29-31-33-35-37-39-45(48)50-43(7)47(41(3)4,42(5)6)44(8)51-46(49)40-38-36-34-32-30-28-26-24-22-20-18-16-14-12-10-2/h41-44H,9-40H2,1-8H3/q+1. The summed E-state index contributed by atoms with van der Waals surface area (Å²) in [5.41, 5.74) is 0. The Balaban J connectivity index is 4.23. The molecule has 0 saturated carbocycles. The average Bonchev–Trinajstić information content (AvgIpc) is 3.08. The summed E-state index contributed by atoms with van der Waals surface area (Å²) in [6.45, 7) is 17.1. The van der Waals surface area contributed by atoms with E-state index in [-0.39, 0.29) is 36.5 Å². The van der Waals surface area contributed by atoms with Crippen LogP contribution in [0.2, 0.25) is 0 Å². The summed E-state index contributed by atoms with van der Waals surface area (Å²) in [5.74, 6) is -0.255. The summed E-state index contributed by atoms with van der Waals surface area (Å²) in [7, 11) is 0. The number of ether oxygens (including phenoxy) is 2. The van der Waals surface area contributed by atoms with E-state index < -0.39 is 0 Å². The van der Waals surface area contributed by atoms with Crippen LogP contribution in [0.3, 0.4) is 0 Å². The van der Waals surface area contributed by atoms with Gasteiger partial charge in [0.05, 0.1) is 12.1 Å². The van der Waals surface area contributed by atoms with Crippen LogP contribution in [0.5, 0.6) is 0 Å². The highest BCUT2D eigenvalue weighted by Crippen LogP contribution is 2.31. The third-order valence-corrected chi connectivity index (χ3v) is 11.6. The molecule has 0 aromatic carbocycles. The molecule has 0 aliphatic rings. The summed E-state index contributed by atoms with van der Waals surface area (Å²) in [5, 5.41) is 0. The van der Waals surface area contributed by atoms with Gasteiger partial charge in [-0.3, -0.25) is 9.59 Å². The van der Waals surface area contributed by atoms with Crippen LogP contribution in [0.25, 0.3) is 0 Å². The van der Waals surface area contributed by atoms with Crippen LogP contribution in [-0.2, 0) is 19.1 Å². The molecule has 2 atom stereocenters. The van der Waals surface area contributed by atoms with Gasteiger partial charge in [-0.1, -0.05) is 194 Å². The lowest BCUT2D eigenvalue weighted by Crippen LogP contribution is -2.68. The quantitative estimate of drug-likeness (QED) is 0.0275. The highest BCUT2D eigenvalue weighted by atomic mass is 16.6. The molecule has 0 bridgehead atoms. The second-order valence-corrected chi connectivity index (χ2v) is 16.7. The number of nitrogens with zero attached hydrogens (tertiary/aromatic N) is 1. The Morgan fingerprint density at radius 1 is 0.353 bits per heavy atom. The first-order valence-corrected chi connectivity index (χ1v) is 22.9. The molecular formula is C46H92NO4+. The van der Waals surface area contributed by atoms with E-state index in [4.69, 9.17) is 9.47 Å². The van der Waals surface area contributed by atoms with Gasteiger partial charge in [0.2, 0.25) is 12.5 Å². The Kier molecular flexibility index (Phi) is 33.9. The topological polar surface area (TPSA) is 52.6 Å². The van der Waals surface area contributed by atoms with Crippen LogP contribution >= 0.6 is 0 Å². The maximum Gasteiger partial charge on any atom is 0.310 e. The van der Waals surface area contributed by atoms with Crippen molar-refractivity contribution in [1.29, 1.82) is 0 Å². The van der Waals surface area contributed by atoms with E-state index in [1.54, 1.807) is 0 Å². The summed E-state index contributed by atoms with van der Waals surface area (Å²) in [6, 6.07) is 0.263. The van der Waals surface area contributed by atoms with Gasteiger partial charge in [-0.15, -0.1) is 0 Å². The maximum absolute atomic E-state index is 13.0. The van der Waals surface area contributed by atoms with Crippen LogP contribution in [0.15, 0.2) is 0 Å². The molecule has 304 valence electrons. The fourth-order valence-corrected chi connectivity index (χ4v) is 8.53. The van der Waals surface area contributed by atoms with Crippen molar-refractivity contribution in [3.8, 4) is 0 Å². The van der Waals surface area contributed by atoms with Crippen LogP contribution in [0.4, 0.5) is 0 Å². The smallest absolute Gasteiger partial charge is 0.310 e. The van der Waals surface area contributed by atoms with Gasteiger partial charge in [0.1, 0.15) is 0 Å². The Hall–Kier alpha value is -1.10. The Morgan fingerprint density at radius 3 is 0.745 bits per heavy atom. The first kappa shape index (κ1) is 49.9. The summed E-state index contributed by atoms with van der Waals surface area (Å²) < 4.78 is 12.6. The van der Waals surface area contributed by atoms with Gasteiger partial charge in [-0.2, -0.15) is 0 Å². The van der Waals surface area contributed by atoms with Crippen molar-refractivity contribution in [2.24, 2.45) is 0 Å². The molecule has 0 spiro atoms. The molecule has 0 heterocycles. The Labute approximate surface area is 320 Å². The minimum Gasteiger partial charge on any atom is -0.413 e. The van der Waals surface area contributed by atoms with Gasteiger partial charge >= 0.3 is 11.9 Å². The molecule has 5 heteroatoms. The summed E-state index contributed by atoms with van der Waals surface area (Å²) >= 11 is 0. The molecule has 0 fully saturated rings. The molecule has 0 aromatic heterocycles. The zero-order valence-corrected chi connectivity index (χ0v) is 36.0. The van der Waals surface area contributed by atoms with Crippen LogP contribution < -0.4 is 0 Å². The largest absolute Gasteiger partial charge is 0.413 e. The zero-order chi connectivity index (χ0) is 38.0. The SMILES string of the molecule is CCCCCCCCCCCCCCCCCC(=O)OC(C)[N+](C(C)C)(C(C)C)C(C)OC(=O)CCCCCCCCCCCCCCCCC. The molecule has 0 aliphatic heterocycles. The lowest BCUT2D eigenvalue weighted by molar-refractivity contribution is -1.04. The molecule has 0 amide bonds. The molecule has 0 aromatic rings. The monoisotopic (exact) mass is 723 g/mol. The van der Waals surface area contributed by atoms with Crippen LogP contribution in [0.1, 0.15) is 261 Å². The first-order chi connectivity index (χ1) is 24.6. The molecule has 51 heavy (non-hydrogen) atoms. The molecule has 5 nitrogen and oxygen atoms in total. The average molecular weight is 723 g/mol. The van der Waals surface area contributed by atoms with Crippen molar-refractivity contribution in [2.45, 2.75) is 285 Å². The summed E-state index contributed by atoms with van der Waals surface area (Å²) in [6.07, 6.45) is 39.5. The Morgan fingerprint density at radius 2 is 0.549 bits per heavy atom. The van der Waals surface area contributed by atoms with Gasteiger partial charge < -0.3 is 9.47 Å². The van der Waals surface area contributed by atoms with Crippen molar-refractivity contribution in [1.82, 2.24) is 0 Å². The van der Waals surface area contributed by atoms with Gasteiger partial charge in [-0.25, -0.2) is 4.48 Å². The van der Waals surface area contributed by atoms with E-state index in [2.05, 4.69) is 41.5 Å². The number of rotatable bonds is 38. The van der Waals surface area contributed by atoms with E-state index in [0.717, 1.165) is 25.7 Å². The van der Waals surface area contributed by atoms with Gasteiger partial charge in [0.15, 0.2) is 0 Å². The van der Waals surface area contributed by atoms with Crippen molar-refractivity contribution >= 4 is 11.9 Å². The number of quaternary nitrogens is 1. The third kappa shape index (κ3) is 25.5. The third-order valence-electron chi connectivity index (χ3n) is 11.6. The fraction of sp³-hybridized carbons (Fsp3) is 0.957. The van der Waals surface area contributed by atoms with Gasteiger partial charge in [0, 0.05) is 26.7 Å². The molecule has 0 rings (SSSR count). The first-order valence-electron chi connectivity index (χ1n) is 22.9. The number of esters is 2. The normalized spacial score (nSPS) is 13.2. The molecule has 0 N–H and O–H groups in total. The second kappa shape index (κ2) is 34.7. The number of hydrogen-bond donors (Lipinski definition) is 0. The van der Waals surface area contributed by atoms with Crippen LogP contribution in [-0.4, -0.2) is 41.0 Å². The van der Waals surface area contributed by atoms with E-state index >= 15 is 0 Å². The summed E-state index contributed by atoms with van der Waals surface area (Å²) in [4.78, 5) is 25.9. The minimum absolute atomic E-state index is 0.127. The number of unbranched alkanes of at least 4 members (excludes halogenated alkanes) is 28. The molecule has 0 radical (unpaired) electrons.